The molecule has 0 spiro atoms. The van der Waals surface area contributed by atoms with Crippen molar-refractivity contribution in [3.8, 4) is 0 Å². The Kier molecular flexibility index (Phi) is 8.13. The minimum atomic E-state index is -4.53. The monoisotopic (exact) mass is 428 g/mol. The van der Waals surface area contributed by atoms with Crippen LogP contribution in [0.15, 0.2) is 48.1 Å². The van der Waals surface area contributed by atoms with Crippen LogP contribution in [0.1, 0.15) is 41.6 Å². The first-order chi connectivity index (χ1) is 13.7. The second-order valence-corrected chi connectivity index (χ2v) is 7.26. The van der Waals surface area contributed by atoms with Gasteiger partial charge in [0.05, 0.1) is 16.1 Å². The van der Waals surface area contributed by atoms with Crippen LogP contribution in [0, 0.1) is 5.92 Å². The molecule has 1 aromatic rings. The van der Waals surface area contributed by atoms with Crippen molar-refractivity contribution in [1.29, 1.82) is 0 Å². The van der Waals surface area contributed by atoms with E-state index in [9.17, 15) is 18.0 Å². The molecule has 4 N–H and O–H groups in total. The predicted octanol–water partition coefficient (Wildman–Crippen LogP) is 4.25. The molecule has 9 heteroatoms. The Morgan fingerprint density at radius 3 is 2.62 bits per heavy atom. The van der Waals surface area contributed by atoms with E-state index < -0.39 is 17.6 Å². The number of hydrogen-bond donors (Lipinski definition) is 3. The number of allylic oxidation sites excluding steroid dienone is 2. The van der Waals surface area contributed by atoms with E-state index in [1.165, 1.54) is 0 Å². The minimum Gasteiger partial charge on any atom is -0.370 e. The van der Waals surface area contributed by atoms with Gasteiger partial charge in [0.2, 0.25) is 0 Å². The summed E-state index contributed by atoms with van der Waals surface area (Å²) in [6.45, 7) is 4.12. The van der Waals surface area contributed by atoms with E-state index in [1.54, 1.807) is 18.4 Å². The maximum absolute atomic E-state index is 12.9. The molecule has 1 fully saturated rings. The molecule has 1 aliphatic carbocycles. The molecule has 5 nitrogen and oxygen atoms in total. The molecule has 0 bridgehead atoms. The third-order valence-electron chi connectivity index (χ3n) is 4.70. The number of rotatable bonds is 6. The van der Waals surface area contributed by atoms with Crippen LogP contribution < -0.4 is 16.4 Å². The van der Waals surface area contributed by atoms with Crippen LogP contribution in [0.3, 0.4) is 0 Å². The zero-order valence-corrected chi connectivity index (χ0v) is 16.6. The topological polar surface area (TPSA) is 79.5 Å². The number of guanidine groups is 1. The Morgan fingerprint density at radius 1 is 1.31 bits per heavy atom. The molecular weight excluding hydrogens is 405 g/mol. The lowest BCUT2D eigenvalue weighted by Crippen LogP contribution is -2.38. The number of hydrogen-bond acceptors (Lipinski definition) is 2. The number of carbonyl (C=O) groups is 1. The standard InChI is InChI=1S/C20H24ClF3N4O/c1-2-3-10-26-19(25)27-12-13-4-7-15(8-5-13)28-18(29)16-11-14(20(22,23)24)6-9-17(16)21/h2-3,6,9-11,13,15H,1,4-5,7-8,12H2,(H,28,29)(H3,25,26,27)/b10-3-. The number of alkyl halides is 3. The van der Waals surface area contributed by atoms with Crippen LogP contribution in [0.25, 0.3) is 0 Å². The van der Waals surface area contributed by atoms with Crippen molar-refractivity contribution < 1.29 is 18.0 Å². The molecule has 1 saturated carbocycles. The normalized spacial score (nSPS) is 20.5. The van der Waals surface area contributed by atoms with E-state index in [2.05, 4.69) is 22.2 Å². The second kappa shape index (κ2) is 10.3. The van der Waals surface area contributed by atoms with Gasteiger partial charge in [0, 0.05) is 18.8 Å². The van der Waals surface area contributed by atoms with Gasteiger partial charge in [0.1, 0.15) is 0 Å². The van der Waals surface area contributed by atoms with E-state index in [0.29, 0.717) is 31.3 Å². The van der Waals surface area contributed by atoms with Gasteiger partial charge in [-0.2, -0.15) is 13.2 Å². The number of halogens is 4. The molecule has 0 unspecified atom stereocenters. The SMILES string of the molecule is C=C/C=C\NC(N)=NCC1CCC(NC(=O)c2cc(C(F)(F)F)ccc2Cl)CC1. The molecule has 1 aliphatic rings. The summed E-state index contributed by atoms with van der Waals surface area (Å²) < 4.78 is 38.6. The highest BCUT2D eigenvalue weighted by Crippen LogP contribution is 2.32. The third kappa shape index (κ3) is 7.12. The van der Waals surface area contributed by atoms with Crippen molar-refractivity contribution in [1.82, 2.24) is 10.6 Å². The highest BCUT2D eigenvalue weighted by atomic mass is 35.5. The fourth-order valence-electron chi connectivity index (χ4n) is 3.10. The van der Waals surface area contributed by atoms with Gasteiger partial charge in [0.25, 0.3) is 5.91 Å². The van der Waals surface area contributed by atoms with Crippen LogP contribution in [0.2, 0.25) is 5.02 Å². The number of nitrogens with one attached hydrogen (secondary N) is 2. The van der Waals surface area contributed by atoms with Gasteiger partial charge in [0.15, 0.2) is 5.96 Å². The number of nitrogens with two attached hydrogens (primary N) is 1. The van der Waals surface area contributed by atoms with E-state index in [1.807, 2.05) is 0 Å². The van der Waals surface area contributed by atoms with Crippen molar-refractivity contribution in [3.63, 3.8) is 0 Å². The van der Waals surface area contributed by atoms with Crippen molar-refractivity contribution in [2.24, 2.45) is 16.6 Å². The quantitative estimate of drug-likeness (QED) is 0.360. The predicted molar refractivity (Wildman–Crippen MR) is 109 cm³/mol. The van der Waals surface area contributed by atoms with Gasteiger partial charge < -0.3 is 16.4 Å². The Labute approximate surface area is 172 Å². The molecule has 0 heterocycles. The van der Waals surface area contributed by atoms with Crippen molar-refractivity contribution in [2.75, 3.05) is 6.54 Å². The van der Waals surface area contributed by atoms with E-state index in [0.717, 1.165) is 31.0 Å². The Hall–Kier alpha value is -2.48. The summed E-state index contributed by atoms with van der Waals surface area (Å²) in [4.78, 5) is 16.7. The van der Waals surface area contributed by atoms with E-state index in [4.69, 9.17) is 17.3 Å². The van der Waals surface area contributed by atoms with Crippen LogP contribution in [-0.4, -0.2) is 24.5 Å². The van der Waals surface area contributed by atoms with Crippen molar-refractivity contribution >= 4 is 23.5 Å². The molecule has 158 valence electrons. The highest BCUT2D eigenvalue weighted by Gasteiger charge is 2.32. The maximum atomic E-state index is 12.9. The molecule has 0 aliphatic heterocycles. The van der Waals surface area contributed by atoms with Crippen LogP contribution >= 0.6 is 11.6 Å². The lowest BCUT2D eigenvalue weighted by molar-refractivity contribution is -0.137. The second-order valence-electron chi connectivity index (χ2n) is 6.85. The van der Waals surface area contributed by atoms with Gasteiger partial charge in [-0.25, -0.2) is 0 Å². The summed E-state index contributed by atoms with van der Waals surface area (Å²) in [5.74, 6) is 0.0618. The summed E-state index contributed by atoms with van der Waals surface area (Å²) in [6.07, 6.45) is 3.52. The number of aliphatic imine (C=N–C) groups is 1. The van der Waals surface area contributed by atoms with Gasteiger partial charge in [-0.15, -0.1) is 0 Å². The zero-order chi connectivity index (χ0) is 21.4. The summed E-state index contributed by atoms with van der Waals surface area (Å²) in [5, 5.41) is 5.61. The summed E-state index contributed by atoms with van der Waals surface area (Å²) >= 11 is 5.93. The van der Waals surface area contributed by atoms with Crippen LogP contribution in [0.5, 0.6) is 0 Å². The van der Waals surface area contributed by atoms with Crippen LogP contribution in [-0.2, 0) is 6.18 Å². The van der Waals surface area contributed by atoms with Gasteiger partial charge in [-0.05, 0) is 55.9 Å². The maximum Gasteiger partial charge on any atom is 0.416 e. The van der Waals surface area contributed by atoms with Crippen molar-refractivity contribution in [2.45, 2.75) is 37.9 Å². The van der Waals surface area contributed by atoms with Crippen LogP contribution in [0.4, 0.5) is 13.2 Å². The smallest absolute Gasteiger partial charge is 0.370 e. The fraction of sp³-hybridized carbons (Fsp3) is 0.400. The lowest BCUT2D eigenvalue weighted by Gasteiger charge is -2.28. The lowest BCUT2D eigenvalue weighted by atomic mass is 9.86. The molecule has 1 amide bonds. The summed E-state index contributed by atoms with van der Waals surface area (Å²) in [6, 6.07) is 2.63. The van der Waals surface area contributed by atoms with Gasteiger partial charge in [-0.1, -0.05) is 24.3 Å². The number of amides is 1. The first-order valence-corrected chi connectivity index (χ1v) is 9.60. The average Bonchev–Trinajstić information content (AvgIpc) is 2.67. The fourth-order valence-corrected chi connectivity index (χ4v) is 3.31. The molecule has 0 aromatic heterocycles. The number of nitrogens with zero attached hydrogens (tertiary/aromatic N) is 1. The first-order valence-electron chi connectivity index (χ1n) is 9.22. The molecule has 0 saturated heterocycles. The average molecular weight is 429 g/mol. The third-order valence-corrected chi connectivity index (χ3v) is 5.03. The Bertz CT molecular complexity index is 784. The minimum absolute atomic E-state index is 0.00741. The highest BCUT2D eigenvalue weighted by molar-refractivity contribution is 6.33. The largest absolute Gasteiger partial charge is 0.416 e. The molecule has 0 atom stereocenters. The van der Waals surface area contributed by atoms with Crippen molar-refractivity contribution in [3.05, 3.63) is 59.3 Å². The number of benzene rings is 1. The zero-order valence-electron chi connectivity index (χ0n) is 15.8. The Morgan fingerprint density at radius 2 is 2.00 bits per heavy atom. The molecular formula is C20H24ClF3N4O. The van der Waals surface area contributed by atoms with E-state index >= 15 is 0 Å². The summed E-state index contributed by atoms with van der Waals surface area (Å²) in [5.41, 5.74) is 4.68. The van der Waals surface area contributed by atoms with Gasteiger partial charge in [-0.3, -0.25) is 9.79 Å². The molecule has 2 rings (SSSR count). The van der Waals surface area contributed by atoms with Gasteiger partial charge >= 0.3 is 6.18 Å². The first kappa shape index (κ1) is 22.8. The van der Waals surface area contributed by atoms with E-state index in [-0.39, 0.29) is 16.6 Å². The molecule has 1 aromatic carbocycles. The summed E-state index contributed by atoms with van der Waals surface area (Å²) in [7, 11) is 0. The Balaban J connectivity index is 1.86. The molecule has 29 heavy (non-hydrogen) atoms. The number of carbonyl (C=O) groups excluding carboxylic acids is 1. The molecule has 0 radical (unpaired) electrons.